The number of amides is 1. The summed E-state index contributed by atoms with van der Waals surface area (Å²) in [4.78, 5) is 36.6. The van der Waals surface area contributed by atoms with E-state index in [0.717, 1.165) is 11.1 Å². The first-order chi connectivity index (χ1) is 16.2. The largest absolute Gasteiger partial charge is 0.504 e. The molecule has 4 N–H and O–H groups in total. The van der Waals surface area contributed by atoms with E-state index in [1.54, 1.807) is 18.2 Å². The van der Waals surface area contributed by atoms with Crippen LogP contribution in [0.3, 0.4) is 0 Å². The number of rotatable bonds is 13. The lowest BCUT2D eigenvalue weighted by molar-refractivity contribution is -0.145. The number of phenols is 1. The molecule has 0 aliphatic heterocycles. The fourth-order valence-electron chi connectivity index (χ4n) is 3.55. The molecule has 1 amide bonds. The molecule has 0 fully saturated rings. The molecule has 0 spiro atoms. The summed E-state index contributed by atoms with van der Waals surface area (Å²) in [5.74, 6) is -1.92. The van der Waals surface area contributed by atoms with Crippen molar-refractivity contribution in [1.82, 2.24) is 10.6 Å². The summed E-state index contributed by atoms with van der Waals surface area (Å²) >= 11 is 0. The monoisotopic (exact) mass is 472 g/mol. The SMILES string of the molecule is COC(=O)[C@H](Cc1ccccc1)NC(=O)[C@H](CC(=O)O)N[C@@H](C)CCc1ccc(O)c(OC)c1. The Kier molecular flexibility index (Phi) is 10.3. The normalized spacial score (nSPS) is 13.4. The van der Waals surface area contributed by atoms with Gasteiger partial charge in [0, 0.05) is 12.5 Å². The first kappa shape index (κ1) is 26.7. The summed E-state index contributed by atoms with van der Waals surface area (Å²) in [7, 11) is 2.71. The second-order valence-electron chi connectivity index (χ2n) is 8.04. The molecule has 2 rings (SSSR count). The summed E-state index contributed by atoms with van der Waals surface area (Å²) in [6, 6.07) is 12.0. The van der Waals surface area contributed by atoms with Gasteiger partial charge >= 0.3 is 11.9 Å². The molecule has 2 aromatic rings. The van der Waals surface area contributed by atoms with E-state index in [0.29, 0.717) is 18.6 Å². The number of carbonyl (C=O) groups is 3. The summed E-state index contributed by atoms with van der Waals surface area (Å²) in [5, 5.41) is 24.7. The van der Waals surface area contributed by atoms with E-state index in [4.69, 9.17) is 9.47 Å². The molecular formula is C25H32N2O7. The number of hydrogen-bond acceptors (Lipinski definition) is 7. The van der Waals surface area contributed by atoms with E-state index in [1.807, 2.05) is 37.3 Å². The number of nitrogens with one attached hydrogen (secondary N) is 2. The highest BCUT2D eigenvalue weighted by Gasteiger charge is 2.28. The van der Waals surface area contributed by atoms with Gasteiger partial charge in [0.05, 0.1) is 26.7 Å². The lowest BCUT2D eigenvalue weighted by atomic mass is 10.0. The highest BCUT2D eigenvalue weighted by atomic mass is 16.5. The molecule has 0 heterocycles. The average Bonchev–Trinajstić information content (AvgIpc) is 2.82. The van der Waals surface area contributed by atoms with Crippen LogP contribution in [0.4, 0.5) is 0 Å². The third kappa shape index (κ3) is 8.40. The van der Waals surface area contributed by atoms with Crippen LogP contribution in [0, 0.1) is 0 Å². The van der Waals surface area contributed by atoms with Gasteiger partial charge in [-0.3, -0.25) is 9.59 Å². The number of carboxylic acids is 1. The van der Waals surface area contributed by atoms with Crippen LogP contribution in [-0.4, -0.2) is 60.4 Å². The second-order valence-corrected chi connectivity index (χ2v) is 8.04. The maximum absolute atomic E-state index is 12.9. The van der Waals surface area contributed by atoms with Crippen LogP contribution in [0.1, 0.15) is 30.9 Å². The van der Waals surface area contributed by atoms with Crippen LogP contribution in [0.25, 0.3) is 0 Å². The molecule has 0 unspecified atom stereocenters. The van der Waals surface area contributed by atoms with Crippen molar-refractivity contribution in [3.05, 3.63) is 59.7 Å². The molecule has 3 atom stereocenters. The predicted molar refractivity (Wildman–Crippen MR) is 126 cm³/mol. The van der Waals surface area contributed by atoms with Crippen molar-refractivity contribution in [2.75, 3.05) is 14.2 Å². The van der Waals surface area contributed by atoms with Gasteiger partial charge in [0.15, 0.2) is 11.5 Å². The summed E-state index contributed by atoms with van der Waals surface area (Å²) in [5.41, 5.74) is 1.76. The fourth-order valence-corrected chi connectivity index (χ4v) is 3.55. The highest BCUT2D eigenvalue weighted by molar-refractivity contribution is 5.90. The van der Waals surface area contributed by atoms with Crippen molar-refractivity contribution in [3.63, 3.8) is 0 Å². The van der Waals surface area contributed by atoms with Crippen molar-refractivity contribution in [1.29, 1.82) is 0 Å². The van der Waals surface area contributed by atoms with Crippen molar-refractivity contribution >= 4 is 17.8 Å². The number of esters is 1. The minimum absolute atomic E-state index is 0.0475. The lowest BCUT2D eigenvalue weighted by Gasteiger charge is -2.24. The van der Waals surface area contributed by atoms with Gasteiger partial charge in [-0.1, -0.05) is 36.4 Å². The Morgan fingerprint density at radius 3 is 2.32 bits per heavy atom. The molecule has 9 heteroatoms. The van der Waals surface area contributed by atoms with Gasteiger partial charge in [-0.25, -0.2) is 4.79 Å². The van der Waals surface area contributed by atoms with Crippen LogP contribution in [0.15, 0.2) is 48.5 Å². The molecular weight excluding hydrogens is 440 g/mol. The van der Waals surface area contributed by atoms with Crippen molar-refractivity contribution in [2.24, 2.45) is 0 Å². The van der Waals surface area contributed by atoms with Crippen molar-refractivity contribution in [2.45, 2.75) is 50.7 Å². The number of carbonyl (C=O) groups excluding carboxylic acids is 2. The van der Waals surface area contributed by atoms with E-state index in [9.17, 15) is 24.6 Å². The molecule has 9 nitrogen and oxygen atoms in total. The zero-order valence-electron chi connectivity index (χ0n) is 19.6. The zero-order chi connectivity index (χ0) is 25.1. The van der Waals surface area contributed by atoms with E-state index in [2.05, 4.69) is 10.6 Å². The highest BCUT2D eigenvalue weighted by Crippen LogP contribution is 2.26. The molecule has 0 radical (unpaired) electrons. The molecule has 0 saturated heterocycles. The third-order valence-corrected chi connectivity index (χ3v) is 5.38. The smallest absolute Gasteiger partial charge is 0.328 e. The van der Waals surface area contributed by atoms with E-state index in [-0.39, 0.29) is 18.2 Å². The van der Waals surface area contributed by atoms with Crippen LogP contribution in [-0.2, 0) is 32.0 Å². The van der Waals surface area contributed by atoms with Gasteiger partial charge in [-0.05, 0) is 43.0 Å². The number of carboxylic acid groups (broad SMARTS) is 1. The Hall–Kier alpha value is -3.59. The second kappa shape index (κ2) is 13.2. The standard InChI is InChI=1S/C25H32N2O7/c1-16(9-10-18-11-12-21(28)22(14-18)33-2)26-19(15-23(29)30)24(31)27-20(25(32)34-3)13-17-7-5-4-6-8-17/h4-8,11-12,14,16,19-20,26,28H,9-10,13,15H2,1-3H3,(H,27,31)(H,29,30)/t16-,19-,20-/m0/s1. The Morgan fingerprint density at radius 2 is 1.71 bits per heavy atom. The predicted octanol–water partition coefficient (Wildman–Crippen LogP) is 2.06. The summed E-state index contributed by atoms with van der Waals surface area (Å²) in [6.07, 6.45) is 0.993. The van der Waals surface area contributed by atoms with Crippen LogP contribution >= 0.6 is 0 Å². The third-order valence-electron chi connectivity index (χ3n) is 5.38. The van der Waals surface area contributed by atoms with Gasteiger partial charge in [0.2, 0.25) is 5.91 Å². The molecule has 2 aromatic carbocycles. The number of aliphatic carboxylic acids is 1. The molecule has 0 aliphatic carbocycles. The number of aromatic hydroxyl groups is 1. The Labute approximate surface area is 199 Å². The minimum Gasteiger partial charge on any atom is -0.504 e. The van der Waals surface area contributed by atoms with Gasteiger partial charge in [-0.15, -0.1) is 0 Å². The van der Waals surface area contributed by atoms with Crippen LogP contribution in [0.2, 0.25) is 0 Å². The molecule has 0 aliphatic rings. The number of benzene rings is 2. The van der Waals surface area contributed by atoms with Gasteiger partial charge < -0.3 is 30.3 Å². The van der Waals surface area contributed by atoms with Crippen molar-refractivity contribution in [3.8, 4) is 11.5 Å². The summed E-state index contributed by atoms with van der Waals surface area (Å²) in [6.45, 7) is 1.85. The molecule has 0 aromatic heterocycles. The first-order valence-corrected chi connectivity index (χ1v) is 11.0. The van der Waals surface area contributed by atoms with Crippen molar-refractivity contribution < 1.29 is 34.1 Å². The minimum atomic E-state index is -1.14. The number of phenolic OH excluding ortho intramolecular Hbond substituents is 1. The van der Waals surface area contributed by atoms with Gasteiger partial charge in [-0.2, -0.15) is 0 Å². The van der Waals surface area contributed by atoms with Gasteiger partial charge in [0.1, 0.15) is 6.04 Å². The number of ether oxygens (including phenoxy) is 2. The lowest BCUT2D eigenvalue weighted by Crippen LogP contribution is -2.53. The molecule has 184 valence electrons. The quantitative estimate of drug-likeness (QED) is 0.326. The first-order valence-electron chi connectivity index (χ1n) is 11.0. The maximum Gasteiger partial charge on any atom is 0.328 e. The van der Waals surface area contributed by atoms with E-state index < -0.39 is 36.4 Å². The zero-order valence-corrected chi connectivity index (χ0v) is 19.6. The molecule has 0 bridgehead atoms. The van der Waals surface area contributed by atoms with Gasteiger partial charge in [0.25, 0.3) is 0 Å². The van der Waals surface area contributed by atoms with Crippen LogP contribution < -0.4 is 15.4 Å². The number of methoxy groups -OCH3 is 2. The number of hydrogen-bond donors (Lipinski definition) is 4. The van der Waals surface area contributed by atoms with E-state index in [1.165, 1.54) is 14.2 Å². The average molecular weight is 473 g/mol. The Bertz CT molecular complexity index is 965. The summed E-state index contributed by atoms with van der Waals surface area (Å²) < 4.78 is 9.94. The van der Waals surface area contributed by atoms with E-state index >= 15 is 0 Å². The Morgan fingerprint density at radius 1 is 1.00 bits per heavy atom. The van der Waals surface area contributed by atoms with Crippen LogP contribution in [0.5, 0.6) is 11.5 Å². The molecule has 0 saturated carbocycles. The maximum atomic E-state index is 12.9. The number of aryl methyl sites for hydroxylation is 1. The Balaban J connectivity index is 2.03. The topological polar surface area (TPSA) is 134 Å². The fraction of sp³-hybridized carbons (Fsp3) is 0.400. The molecule has 34 heavy (non-hydrogen) atoms.